The molecule has 1 aliphatic rings. The van der Waals surface area contributed by atoms with Gasteiger partial charge in [-0.15, -0.1) is 5.10 Å². The van der Waals surface area contributed by atoms with Crippen molar-refractivity contribution in [2.45, 2.75) is 38.8 Å². The molecule has 1 atom stereocenters. The van der Waals surface area contributed by atoms with Gasteiger partial charge in [-0.25, -0.2) is 4.68 Å². The summed E-state index contributed by atoms with van der Waals surface area (Å²) in [5.74, 6) is 0.872. The largest absolute Gasteiger partial charge is 0.307 e. The maximum Gasteiger partial charge on any atom is 0.143 e. The number of tetrazole rings is 1. The lowest BCUT2D eigenvalue weighted by molar-refractivity contribution is 0.226. The van der Waals surface area contributed by atoms with Gasteiger partial charge in [0.05, 0.1) is 5.69 Å². The van der Waals surface area contributed by atoms with Crippen LogP contribution in [0.25, 0.3) is 5.69 Å². The van der Waals surface area contributed by atoms with E-state index in [9.17, 15) is 0 Å². The fourth-order valence-corrected chi connectivity index (χ4v) is 2.70. The molecule has 0 radical (unpaired) electrons. The molecule has 1 aromatic carbocycles. The summed E-state index contributed by atoms with van der Waals surface area (Å²) < 4.78 is 1.68. The molecule has 19 heavy (non-hydrogen) atoms. The minimum absolute atomic E-state index is 0.355. The molecule has 1 heterocycles. The molecule has 1 fully saturated rings. The van der Waals surface area contributed by atoms with Gasteiger partial charge >= 0.3 is 0 Å². The molecule has 1 saturated carbocycles. The standard InChI is InChI=1S/C14H19N5/c1-10-6-13(7-10)16-11(2)12-4-3-5-14(8-12)19-9-15-17-18-19/h3-5,8-11,13,16H,6-7H2,1-2H3. The molecule has 5 heteroatoms. The van der Waals surface area contributed by atoms with Gasteiger partial charge in [0.25, 0.3) is 0 Å². The van der Waals surface area contributed by atoms with Gasteiger partial charge in [-0.05, 0) is 53.8 Å². The van der Waals surface area contributed by atoms with Gasteiger partial charge in [0.1, 0.15) is 6.33 Å². The monoisotopic (exact) mass is 257 g/mol. The van der Waals surface area contributed by atoms with E-state index in [1.54, 1.807) is 11.0 Å². The average molecular weight is 257 g/mol. The van der Waals surface area contributed by atoms with Crippen LogP contribution in [0.4, 0.5) is 0 Å². The average Bonchev–Trinajstić information content (AvgIpc) is 2.91. The molecule has 1 aromatic heterocycles. The van der Waals surface area contributed by atoms with Crippen molar-refractivity contribution < 1.29 is 0 Å². The van der Waals surface area contributed by atoms with E-state index in [2.05, 4.69) is 46.8 Å². The zero-order valence-electron chi connectivity index (χ0n) is 11.3. The van der Waals surface area contributed by atoms with Gasteiger partial charge in [-0.1, -0.05) is 19.1 Å². The Kier molecular flexibility index (Phi) is 3.29. The highest BCUT2D eigenvalue weighted by molar-refractivity contribution is 5.35. The summed E-state index contributed by atoms with van der Waals surface area (Å²) >= 11 is 0. The zero-order chi connectivity index (χ0) is 13.2. The third-order valence-corrected chi connectivity index (χ3v) is 3.84. The second kappa shape index (κ2) is 5.09. The molecule has 0 aliphatic heterocycles. The molecule has 0 amide bonds. The Hall–Kier alpha value is -1.75. The van der Waals surface area contributed by atoms with E-state index in [-0.39, 0.29) is 0 Å². The molecule has 1 N–H and O–H groups in total. The highest BCUT2D eigenvalue weighted by Gasteiger charge is 2.26. The van der Waals surface area contributed by atoms with Crippen LogP contribution in [0.2, 0.25) is 0 Å². The number of aromatic nitrogens is 4. The molecule has 0 spiro atoms. The lowest BCUT2D eigenvalue weighted by atomic mass is 9.81. The van der Waals surface area contributed by atoms with Gasteiger partial charge in [-0.2, -0.15) is 0 Å². The number of hydrogen-bond donors (Lipinski definition) is 1. The Morgan fingerprint density at radius 1 is 1.37 bits per heavy atom. The minimum atomic E-state index is 0.355. The van der Waals surface area contributed by atoms with E-state index in [4.69, 9.17) is 0 Å². The van der Waals surface area contributed by atoms with Crippen LogP contribution in [0.1, 0.15) is 38.3 Å². The van der Waals surface area contributed by atoms with E-state index in [1.165, 1.54) is 18.4 Å². The van der Waals surface area contributed by atoms with E-state index in [0.717, 1.165) is 11.6 Å². The van der Waals surface area contributed by atoms with Crippen molar-refractivity contribution in [1.82, 2.24) is 25.5 Å². The van der Waals surface area contributed by atoms with Gasteiger partial charge < -0.3 is 5.32 Å². The molecule has 0 saturated heterocycles. The number of nitrogens with one attached hydrogen (secondary N) is 1. The van der Waals surface area contributed by atoms with Crippen molar-refractivity contribution >= 4 is 0 Å². The third kappa shape index (κ3) is 2.66. The van der Waals surface area contributed by atoms with Gasteiger partial charge in [0.2, 0.25) is 0 Å². The van der Waals surface area contributed by atoms with Gasteiger partial charge in [0, 0.05) is 12.1 Å². The molecular weight excluding hydrogens is 238 g/mol. The topological polar surface area (TPSA) is 55.6 Å². The van der Waals surface area contributed by atoms with Crippen LogP contribution in [-0.4, -0.2) is 26.2 Å². The van der Waals surface area contributed by atoms with Crippen molar-refractivity contribution in [2.75, 3.05) is 0 Å². The smallest absolute Gasteiger partial charge is 0.143 e. The van der Waals surface area contributed by atoms with Crippen molar-refractivity contribution in [2.24, 2.45) is 5.92 Å². The second-order valence-electron chi connectivity index (χ2n) is 5.51. The molecule has 100 valence electrons. The van der Waals surface area contributed by atoms with Crippen LogP contribution in [0.3, 0.4) is 0 Å². The maximum atomic E-state index is 3.92. The number of nitrogens with zero attached hydrogens (tertiary/aromatic N) is 4. The quantitative estimate of drug-likeness (QED) is 0.911. The number of rotatable bonds is 4. The zero-order valence-corrected chi connectivity index (χ0v) is 11.3. The summed E-state index contributed by atoms with van der Waals surface area (Å²) in [6.07, 6.45) is 4.19. The highest BCUT2D eigenvalue weighted by atomic mass is 15.5. The van der Waals surface area contributed by atoms with E-state index < -0.39 is 0 Å². The second-order valence-corrected chi connectivity index (χ2v) is 5.51. The molecule has 5 nitrogen and oxygen atoms in total. The Bertz CT molecular complexity index is 531. The Morgan fingerprint density at radius 3 is 2.89 bits per heavy atom. The summed E-state index contributed by atoms with van der Waals surface area (Å²) in [6, 6.07) is 9.37. The van der Waals surface area contributed by atoms with Crippen molar-refractivity contribution in [3.63, 3.8) is 0 Å². The summed E-state index contributed by atoms with van der Waals surface area (Å²) in [4.78, 5) is 0. The van der Waals surface area contributed by atoms with Crippen LogP contribution in [0.5, 0.6) is 0 Å². The Labute approximate surface area is 113 Å². The van der Waals surface area contributed by atoms with Gasteiger partial charge in [-0.3, -0.25) is 0 Å². The normalized spacial score (nSPS) is 23.9. The summed E-state index contributed by atoms with van der Waals surface area (Å²) in [5.41, 5.74) is 2.27. The van der Waals surface area contributed by atoms with Crippen molar-refractivity contribution in [3.05, 3.63) is 36.2 Å². The fraction of sp³-hybridized carbons (Fsp3) is 0.500. The van der Waals surface area contributed by atoms with Crippen LogP contribution in [0.15, 0.2) is 30.6 Å². The lowest BCUT2D eigenvalue weighted by Crippen LogP contribution is -2.41. The number of benzene rings is 1. The van der Waals surface area contributed by atoms with Crippen molar-refractivity contribution in [1.29, 1.82) is 0 Å². The Balaban J connectivity index is 1.72. The van der Waals surface area contributed by atoms with Crippen LogP contribution in [-0.2, 0) is 0 Å². The van der Waals surface area contributed by atoms with Crippen LogP contribution >= 0.6 is 0 Å². The minimum Gasteiger partial charge on any atom is -0.307 e. The Morgan fingerprint density at radius 2 is 2.21 bits per heavy atom. The first-order valence-corrected chi connectivity index (χ1v) is 6.82. The SMILES string of the molecule is CC1CC(NC(C)c2cccc(-n3cnnn3)c2)C1. The van der Waals surface area contributed by atoms with Crippen LogP contribution in [0, 0.1) is 5.92 Å². The fourth-order valence-electron chi connectivity index (χ4n) is 2.70. The third-order valence-electron chi connectivity index (χ3n) is 3.84. The number of hydrogen-bond acceptors (Lipinski definition) is 4. The van der Waals surface area contributed by atoms with Crippen LogP contribution < -0.4 is 5.32 Å². The maximum absolute atomic E-state index is 3.92. The molecule has 3 rings (SSSR count). The molecule has 1 unspecified atom stereocenters. The molecule has 1 aliphatic carbocycles. The van der Waals surface area contributed by atoms with E-state index in [1.807, 2.05) is 12.1 Å². The van der Waals surface area contributed by atoms with E-state index >= 15 is 0 Å². The first-order valence-electron chi connectivity index (χ1n) is 6.82. The predicted octanol–water partition coefficient (Wildman–Crippen LogP) is 2.11. The summed E-state index contributed by atoms with van der Waals surface area (Å²) in [6.45, 7) is 4.52. The molecule has 2 aromatic rings. The molecular formula is C14H19N5. The summed E-state index contributed by atoms with van der Waals surface area (Å²) in [7, 11) is 0. The molecule has 0 bridgehead atoms. The van der Waals surface area contributed by atoms with Gasteiger partial charge in [0.15, 0.2) is 0 Å². The highest BCUT2D eigenvalue weighted by Crippen LogP contribution is 2.28. The summed E-state index contributed by atoms with van der Waals surface area (Å²) in [5, 5.41) is 14.9. The lowest BCUT2D eigenvalue weighted by Gasteiger charge is -2.35. The van der Waals surface area contributed by atoms with E-state index in [0.29, 0.717) is 12.1 Å². The first kappa shape index (κ1) is 12.3. The van der Waals surface area contributed by atoms with Crippen molar-refractivity contribution in [3.8, 4) is 5.69 Å². The predicted molar refractivity (Wildman–Crippen MR) is 72.9 cm³/mol. The first-order chi connectivity index (χ1) is 9.22.